The number of carbonyl (C=O) groups is 2. The number of benzene rings is 3. The van der Waals surface area contributed by atoms with Crippen molar-refractivity contribution in [2.24, 2.45) is 0 Å². The van der Waals surface area contributed by atoms with Gasteiger partial charge in [-0.25, -0.2) is 4.98 Å². The van der Waals surface area contributed by atoms with E-state index in [0.29, 0.717) is 24.3 Å². The minimum atomic E-state index is -0.520. The number of aryl methyl sites for hydroxylation is 1. The fourth-order valence-electron chi connectivity index (χ4n) is 4.58. The van der Waals surface area contributed by atoms with E-state index in [1.54, 1.807) is 30.5 Å². The minimum Gasteiger partial charge on any atom is -0.495 e. The van der Waals surface area contributed by atoms with Crippen molar-refractivity contribution in [3.63, 3.8) is 0 Å². The van der Waals surface area contributed by atoms with E-state index in [1.165, 1.54) is 0 Å². The summed E-state index contributed by atoms with van der Waals surface area (Å²) in [5.41, 5.74) is 2.93. The third kappa shape index (κ3) is 4.01. The molecule has 2 amide bonds. The van der Waals surface area contributed by atoms with Gasteiger partial charge in [0, 0.05) is 29.4 Å². The van der Waals surface area contributed by atoms with Crippen LogP contribution in [0, 0.1) is 6.92 Å². The summed E-state index contributed by atoms with van der Waals surface area (Å²) < 4.78 is 7.42. The molecule has 0 saturated carbocycles. The summed E-state index contributed by atoms with van der Waals surface area (Å²) in [6.45, 7) is 2.45. The first kappa shape index (κ1) is 21.7. The predicted molar refractivity (Wildman–Crippen MR) is 131 cm³/mol. The number of methoxy groups -OCH3 is 1. The molecule has 1 N–H and O–H groups in total. The van der Waals surface area contributed by atoms with Crippen LogP contribution >= 0.6 is 0 Å². The Morgan fingerprint density at radius 1 is 1.09 bits per heavy atom. The van der Waals surface area contributed by atoms with Gasteiger partial charge in [0.15, 0.2) is 0 Å². The van der Waals surface area contributed by atoms with Crippen LogP contribution < -0.4 is 10.1 Å². The highest BCUT2D eigenvalue weighted by atomic mass is 16.5. The standard InChI is InChI=1S/C27H26N4O3/c1-18-16-30(17-28-18)23-13-12-20(15-25(23)34-2)27(33)31-14-6-11-24(31)26(32)29-22-10-5-8-19-7-3-4-9-21(19)22/h3-5,7-10,12-13,15-17,24H,6,11,14H2,1-2H3,(H,29,32). The number of amides is 2. The van der Waals surface area contributed by atoms with E-state index in [9.17, 15) is 9.59 Å². The van der Waals surface area contributed by atoms with Gasteiger partial charge in [-0.1, -0.05) is 36.4 Å². The summed E-state index contributed by atoms with van der Waals surface area (Å²) in [5, 5.41) is 5.08. The zero-order valence-electron chi connectivity index (χ0n) is 19.2. The first-order valence-corrected chi connectivity index (χ1v) is 11.3. The number of anilines is 1. The molecule has 1 saturated heterocycles. The van der Waals surface area contributed by atoms with Crippen LogP contribution in [0.4, 0.5) is 5.69 Å². The lowest BCUT2D eigenvalue weighted by Crippen LogP contribution is -2.43. The Bertz CT molecular complexity index is 1370. The van der Waals surface area contributed by atoms with Gasteiger partial charge in [0.05, 0.1) is 24.8 Å². The maximum Gasteiger partial charge on any atom is 0.254 e. The second kappa shape index (κ2) is 9.02. The molecule has 1 aliphatic rings. The van der Waals surface area contributed by atoms with Crippen molar-refractivity contribution in [1.82, 2.24) is 14.5 Å². The molecule has 0 spiro atoms. The van der Waals surface area contributed by atoms with Crippen molar-refractivity contribution in [2.75, 3.05) is 19.0 Å². The van der Waals surface area contributed by atoms with E-state index >= 15 is 0 Å². The molecule has 1 atom stereocenters. The van der Waals surface area contributed by atoms with E-state index in [0.717, 1.165) is 34.3 Å². The fourth-order valence-corrected chi connectivity index (χ4v) is 4.58. The second-order valence-corrected chi connectivity index (χ2v) is 8.48. The smallest absolute Gasteiger partial charge is 0.254 e. The molecule has 34 heavy (non-hydrogen) atoms. The molecule has 3 aromatic carbocycles. The van der Waals surface area contributed by atoms with Gasteiger partial charge in [0.25, 0.3) is 5.91 Å². The number of nitrogens with one attached hydrogen (secondary N) is 1. The number of likely N-dealkylation sites (tertiary alicyclic amines) is 1. The van der Waals surface area contributed by atoms with E-state index < -0.39 is 6.04 Å². The zero-order valence-corrected chi connectivity index (χ0v) is 19.2. The average molecular weight is 455 g/mol. The number of rotatable bonds is 5. The summed E-state index contributed by atoms with van der Waals surface area (Å²) in [7, 11) is 1.58. The highest BCUT2D eigenvalue weighted by Gasteiger charge is 2.35. The first-order chi connectivity index (χ1) is 16.5. The van der Waals surface area contributed by atoms with Crippen LogP contribution in [0.1, 0.15) is 28.9 Å². The van der Waals surface area contributed by atoms with Crippen LogP contribution in [0.5, 0.6) is 5.75 Å². The fraction of sp³-hybridized carbons (Fsp3) is 0.222. The van der Waals surface area contributed by atoms with Crippen molar-refractivity contribution in [3.8, 4) is 11.4 Å². The number of carbonyl (C=O) groups excluding carboxylic acids is 2. The lowest BCUT2D eigenvalue weighted by atomic mass is 10.1. The molecule has 0 radical (unpaired) electrons. The van der Waals surface area contributed by atoms with Gasteiger partial charge in [-0.05, 0) is 49.4 Å². The van der Waals surface area contributed by atoms with Gasteiger partial charge in [0.1, 0.15) is 11.8 Å². The topological polar surface area (TPSA) is 76.5 Å². The summed E-state index contributed by atoms with van der Waals surface area (Å²) >= 11 is 0. The molecule has 7 heteroatoms. The molecular formula is C27H26N4O3. The van der Waals surface area contributed by atoms with Crippen molar-refractivity contribution < 1.29 is 14.3 Å². The molecule has 1 fully saturated rings. The molecular weight excluding hydrogens is 428 g/mol. The number of aromatic nitrogens is 2. The maximum absolute atomic E-state index is 13.4. The van der Waals surface area contributed by atoms with Gasteiger partial charge in [-0.2, -0.15) is 0 Å². The summed E-state index contributed by atoms with van der Waals surface area (Å²) in [6, 6.07) is 18.6. The third-order valence-corrected chi connectivity index (χ3v) is 6.28. The largest absolute Gasteiger partial charge is 0.495 e. The molecule has 5 rings (SSSR count). The Morgan fingerprint density at radius 3 is 2.71 bits per heavy atom. The SMILES string of the molecule is COc1cc(C(=O)N2CCCC2C(=O)Nc2cccc3ccccc23)ccc1-n1cnc(C)c1. The lowest BCUT2D eigenvalue weighted by molar-refractivity contribution is -0.119. The Morgan fingerprint density at radius 2 is 1.91 bits per heavy atom. The van der Waals surface area contributed by atoms with Gasteiger partial charge in [-0.15, -0.1) is 0 Å². The minimum absolute atomic E-state index is 0.167. The van der Waals surface area contributed by atoms with Crippen LogP contribution in [0.2, 0.25) is 0 Å². The van der Waals surface area contributed by atoms with Crippen molar-refractivity contribution in [3.05, 3.63) is 84.4 Å². The number of fused-ring (bicyclic) bond motifs is 1. The van der Waals surface area contributed by atoms with Crippen LogP contribution in [0.15, 0.2) is 73.2 Å². The highest BCUT2D eigenvalue weighted by Crippen LogP contribution is 2.29. The quantitative estimate of drug-likeness (QED) is 0.479. The van der Waals surface area contributed by atoms with Crippen LogP contribution in [-0.4, -0.2) is 46.0 Å². The van der Waals surface area contributed by atoms with E-state index in [1.807, 2.05) is 66.2 Å². The number of hydrogen-bond donors (Lipinski definition) is 1. The van der Waals surface area contributed by atoms with Crippen LogP contribution in [0.25, 0.3) is 16.5 Å². The van der Waals surface area contributed by atoms with E-state index in [2.05, 4.69) is 10.3 Å². The molecule has 7 nitrogen and oxygen atoms in total. The predicted octanol–water partition coefficient (Wildman–Crippen LogP) is 4.59. The molecule has 1 aromatic heterocycles. The van der Waals surface area contributed by atoms with Crippen LogP contribution in [0.3, 0.4) is 0 Å². The molecule has 1 unspecified atom stereocenters. The summed E-state index contributed by atoms with van der Waals surface area (Å²) in [5.74, 6) is 0.223. The zero-order chi connectivity index (χ0) is 23.7. The van der Waals surface area contributed by atoms with Crippen molar-refractivity contribution in [1.29, 1.82) is 0 Å². The Hall–Kier alpha value is -4.13. The molecule has 0 aliphatic carbocycles. The summed E-state index contributed by atoms with van der Waals surface area (Å²) in [6.07, 6.45) is 5.02. The Balaban J connectivity index is 1.38. The molecule has 0 bridgehead atoms. The number of ether oxygens (including phenoxy) is 1. The monoisotopic (exact) mass is 454 g/mol. The van der Waals surface area contributed by atoms with E-state index in [-0.39, 0.29) is 11.8 Å². The summed E-state index contributed by atoms with van der Waals surface area (Å²) in [4.78, 5) is 32.6. The Kier molecular flexibility index (Phi) is 5.76. The average Bonchev–Trinajstić information content (AvgIpc) is 3.53. The highest BCUT2D eigenvalue weighted by molar-refractivity contribution is 6.06. The van der Waals surface area contributed by atoms with Gasteiger partial charge >= 0.3 is 0 Å². The maximum atomic E-state index is 13.4. The molecule has 1 aliphatic heterocycles. The van der Waals surface area contributed by atoms with Gasteiger partial charge in [0.2, 0.25) is 5.91 Å². The van der Waals surface area contributed by atoms with Crippen molar-refractivity contribution in [2.45, 2.75) is 25.8 Å². The van der Waals surface area contributed by atoms with Gasteiger partial charge in [-0.3, -0.25) is 9.59 Å². The molecule has 4 aromatic rings. The lowest BCUT2D eigenvalue weighted by Gasteiger charge is -2.24. The van der Waals surface area contributed by atoms with E-state index in [4.69, 9.17) is 4.74 Å². The number of nitrogens with zero attached hydrogens (tertiary/aromatic N) is 3. The normalized spacial score (nSPS) is 15.5. The number of imidazole rings is 1. The molecule has 172 valence electrons. The first-order valence-electron chi connectivity index (χ1n) is 11.3. The third-order valence-electron chi connectivity index (χ3n) is 6.28. The van der Waals surface area contributed by atoms with Crippen molar-refractivity contribution >= 4 is 28.3 Å². The second-order valence-electron chi connectivity index (χ2n) is 8.48. The van der Waals surface area contributed by atoms with Gasteiger partial charge < -0.3 is 19.5 Å². The Labute approximate surface area is 198 Å². The number of hydrogen-bond acceptors (Lipinski definition) is 4. The van der Waals surface area contributed by atoms with Crippen LogP contribution in [-0.2, 0) is 4.79 Å². The molecule has 2 heterocycles.